The molecule has 20 heavy (non-hydrogen) atoms. The minimum atomic E-state index is -0.776. The van der Waals surface area contributed by atoms with Crippen molar-refractivity contribution in [2.24, 2.45) is 0 Å². The van der Waals surface area contributed by atoms with Crippen molar-refractivity contribution in [1.82, 2.24) is 14.9 Å². The molecule has 4 nitrogen and oxygen atoms in total. The third-order valence-corrected chi connectivity index (χ3v) is 3.98. The highest BCUT2D eigenvalue weighted by Crippen LogP contribution is 2.22. The monoisotopic (exact) mass is 333 g/mol. The van der Waals surface area contributed by atoms with Gasteiger partial charge in [-0.3, -0.25) is 4.79 Å². The van der Waals surface area contributed by atoms with Crippen LogP contribution in [0.1, 0.15) is 20.2 Å². The molecule has 0 bridgehead atoms. The van der Waals surface area contributed by atoms with Crippen molar-refractivity contribution in [2.45, 2.75) is 13.5 Å². The molecule has 0 aliphatic carbocycles. The summed E-state index contributed by atoms with van der Waals surface area (Å²) in [6.45, 7) is 2.25. The average Bonchev–Trinajstić information content (AvgIpc) is 2.78. The van der Waals surface area contributed by atoms with Gasteiger partial charge in [0.15, 0.2) is 11.0 Å². The lowest BCUT2D eigenvalue weighted by atomic mass is 10.2. The molecule has 0 radical (unpaired) electrons. The average molecular weight is 334 g/mol. The number of hydrogen-bond donors (Lipinski definition) is 0. The van der Waals surface area contributed by atoms with E-state index in [0.717, 1.165) is 16.0 Å². The van der Waals surface area contributed by atoms with E-state index in [-0.39, 0.29) is 15.9 Å². The second-order valence-electron chi connectivity index (χ2n) is 4.11. The largest absolute Gasteiger partial charge is 0.336 e. The Morgan fingerprint density at radius 2 is 2.15 bits per heavy atom. The minimum Gasteiger partial charge on any atom is -0.336 e. The van der Waals surface area contributed by atoms with E-state index in [4.69, 9.17) is 23.2 Å². The van der Waals surface area contributed by atoms with Gasteiger partial charge in [-0.15, -0.1) is 11.3 Å². The molecule has 2 aromatic rings. The van der Waals surface area contributed by atoms with E-state index in [1.807, 2.05) is 6.92 Å². The summed E-state index contributed by atoms with van der Waals surface area (Å²) in [4.78, 5) is 22.3. The molecule has 0 N–H and O–H groups in total. The van der Waals surface area contributed by atoms with Gasteiger partial charge >= 0.3 is 0 Å². The Labute approximate surface area is 129 Å². The van der Waals surface area contributed by atoms with E-state index in [9.17, 15) is 9.18 Å². The van der Waals surface area contributed by atoms with Crippen LogP contribution in [0.2, 0.25) is 10.3 Å². The number of pyridine rings is 1. The van der Waals surface area contributed by atoms with Crippen molar-refractivity contribution < 1.29 is 9.18 Å². The zero-order valence-electron chi connectivity index (χ0n) is 10.7. The van der Waals surface area contributed by atoms with Gasteiger partial charge in [-0.05, 0) is 13.0 Å². The molecular weight excluding hydrogens is 324 g/mol. The first kappa shape index (κ1) is 15.2. The van der Waals surface area contributed by atoms with Crippen molar-refractivity contribution in [3.8, 4) is 0 Å². The van der Waals surface area contributed by atoms with Gasteiger partial charge in [0, 0.05) is 18.1 Å². The predicted molar refractivity (Wildman–Crippen MR) is 76.9 cm³/mol. The van der Waals surface area contributed by atoms with Crippen LogP contribution in [0.25, 0.3) is 0 Å². The number of halogens is 3. The third kappa shape index (κ3) is 3.26. The zero-order valence-corrected chi connectivity index (χ0v) is 13.0. The van der Waals surface area contributed by atoms with Crippen LogP contribution in [0.15, 0.2) is 12.3 Å². The van der Waals surface area contributed by atoms with Crippen LogP contribution in [-0.4, -0.2) is 27.8 Å². The van der Waals surface area contributed by atoms with E-state index >= 15 is 0 Å². The van der Waals surface area contributed by atoms with Gasteiger partial charge in [-0.2, -0.15) is 0 Å². The molecule has 8 heteroatoms. The molecule has 0 aliphatic heterocycles. The van der Waals surface area contributed by atoms with E-state index in [1.165, 1.54) is 16.2 Å². The maximum absolute atomic E-state index is 13.4. The summed E-state index contributed by atoms with van der Waals surface area (Å²) in [7, 11) is 1.60. The number of carbonyl (C=O) groups excluding carboxylic acids is 1. The predicted octanol–water partition coefficient (Wildman–Crippen LogP) is 3.56. The molecule has 0 saturated heterocycles. The van der Waals surface area contributed by atoms with Crippen molar-refractivity contribution in [3.63, 3.8) is 0 Å². The fourth-order valence-electron chi connectivity index (χ4n) is 1.59. The lowest BCUT2D eigenvalue weighted by molar-refractivity contribution is 0.0785. The molecule has 0 saturated carbocycles. The molecule has 0 aromatic carbocycles. The van der Waals surface area contributed by atoms with Crippen molar-refractivity contribution in [2.75, 3.05) is 7.05 Å². The molecule has 2 aromatic heterocycles. The van der Waals surface area contributed by atoms with Gasteiger partial charge in [0.05, 0.1) is 17.1 Å². The van der Waals surface area contributed by atoms with Crippen molar-refractivity contribution >= 4 is 40.4 Å². The van der Waals surface area contributed by atoms with Crippen LogP contribution in [0.3, 0.4) is 0 Å². The van der Waals surface area contributed by atoms with Crippen molar-refractivity contribution in [3.05, 3.63) is 43.8 Å². The highest BCUT2D eigenvalue weighted by atomic mass is 35.5. The Bertz CT molecular complexity index is 662. The Hall–Kier alpha value is -1.24. The summed E-state index contributed by atoms with van der Waals surface area (Å²) >= 11 is 12.8. The van der Waals surface area contributed by atoms with Gasteiger partial charge in [-0.1, -0.05) is 23.2 Å². The van der Waals surface area contributed by atoms with Crippen LogP contribution in [0.4, 0.5) is 4.39 Å². The van der Waals surface area contributed by atoms with Gasteiger partial charge in [0.25, 0.3) is 5.91 Å². The van der Waals surface area contributed by atoms with Crippen molar-refractivity contribution in [1.29, 1.82) is 0 Å². The number of carbonyl (C=O) groups is 1. The van der Waals surface area contributed by atoms with Crippen LogP contribution < -0.4 is 0 Å². The van der Waals surface area contributed by atoms with Gasteiger partial charge < -0.3 is 4.90 Å². The highest BCUT2D eigenvalue weighted by Gasteiger charge is 2.19. The first-order valence-corrected chi connectivity index (χ1v) is 7.14. The quantitative estimate of drug-likeness (QED) is 0.806. The number of aromatic nitrogens is 2. The minimum absolute atomic E-state index is 0.0164. The SMILES string of the molecule is Cc1ncc(CN(C)C(=O)c2cc(F)c(Cl)nc2Cl)s1. The molecule has 0 spiro atoms. The molecule has 2 heterocycles. The number of rotatable bonds is 3. The lowest BCUT2D eigenvalue weighted by Gasteiger charge is -2.16. The summed E-state index contributed by atoms with van der Waals surface area (Å²) in [5.74, 6) is -1.20. The number of nitrogens with zero attached hydrogens (tertiary/aromatic N) is 3. The summed E-state index contributed by atoms with van der Waals surface area (Å²) < 4.78 is 13.4. The highest BCUT2D eigenvalue weighted by molar-refractivity contribution is 7.11. The Kier molecular flexibility index (Phi) is 4.57. The van der Waals surface area contributed by atoms with Gasteiger partial charge in [0.1, 0.15) is 5.15 Å². The summed E-state index contributed by atoms with van der Waals surface area (Å²) in [6.07, 6.45) is 1.70. The molecule has 2 rings (SSSR count). The lowest BCUT2D eigenvalue weighted by Crippen LogP contribution is -2.26. The fourth-order valence-corrected chi connectivity index (χ4v) is 2.84. The fraction of sp³-hybridized carbons (Fsp3) is 0.250. The molecule has 0 fully saturated rings. The summed E-state index contributed by atoms with van der Waals surface area (Å²) in [5, 5.41) is 0.444. The molecule has 106 valence electrons. The maximum atomic E-state index is 13.4. The number of amides is 1. The molecule has 0 atom stereocenters. The normalized spacial score (nSPS) is 10.7. The standard InChI is InChI=1S/C12H10Cl2FN3OS/c1-6-16-4-7(20-6)5-18(2)12(19)8-3-9(15)11(14)17-10(8)13/h3-4H,5H2,1-2H3. The summed E-state index contributed by atoms with van der Waals surface area (Å²) in [6, 6.07) is 0.994. The van der Waals surface area contributed by atoms with E-state index < -0.39 is 11.7 Å². The molecular formula is C12H10Cl2FN3OS. The molecule has 0 unspecified atom stereocenters. The zero-order chi connectivity index (χ0) is 14.9. The summed E-state index contributed by atoms with van der Waals surface area (Å²) in [5.41, 5.74) is -0.0164. The molecule has 1 amide bonds. The molecule has 0 aliphatic rings. The van der Waals surface area contributed by atoms with Gasteiger partial charge in [0.2, 0.25) is 0 Å². The van der Waals surface area contributed by atoms with E-state index in [0.29, 0.717) is 6.54 Å². The van der Waals surface area contributed by atoms with E-state index in [2.05, 4.69) is 9.97 Å². The van der Waals surface area contributed by atoms with Gasteiger partial charge in [-0.25, -0.2) is 14.4 Å². The number of aryl methyl sites for hydroxylation is 1. The number of hydrogen-bond acceptors (Lipinski definition) is 4. The Morgan fingerprint density at radius 3 is 2.75 bits per heavy atom. The first-order valence-electron chi connectivity index (χ1n) is 5.56. The first-order chi connectivity index (χ1) is 9.38. The van der Waals surface area contributed by atoms with Crippen LogP contribution >= 0.6 is 34.5 Å². The maximum Gasteiger partial charge on any atom is 0.257 e. The third-order valence-electron chi connectivity index (χ3n) is 2.53. The van der Waals surface area contributed by atoms with Crippen LogP contribution in [0, 0.1) is 12.7 Å². The van der Waals surface area contributed by atoms with E-state index in [1.54, 1.807) is 13.2 Å². The second-order valence-corrected chi connectivity index (χ2v) is 6.14. The Morgan fingerprint density at radius 1 is 1.45 bits per heavy atom. The van der Waals surface area contributed by atoms with Crippen LogP contribution in [0.5, 0.6) is 0 Å². The smallest absolute Gasteiger partial charge is 0.257 e. The second kappa shape index (κ2) is 6.03. The topological polar surface area (TPSA) is 46.1 Å². The van der Waals surface area contributed by atoms with Crippen LogP contribution in [-0.2, 0) is 6.54 Å². The number of thiazole rings is 1. The Balaban J connectivity index is 2.20.